The third-order valence-electron chi connectivity index (χ3n) is 4.51. The molecule has 0 radical (unpaired) electrons. The molecule has 160 valence electrons. The van der Waals surface area contributed by atoms with Crippen LogP contribution in [0.15, 0.2) is 42.5 Å². The highest BCUT2D eigenvalue weighted by atomic mass is 19.3. The Morgan fingerprint density at radius 3 is 2.53 bits per heavy atom. The normalized spacial score (nSPS) is 15.6. The molecule has 1 unspecified atom stereocenters. The number of alkyl halides is 2. The van der Waals surface area contributed by atoms with Crippen molar-refractivity contribution in [1.82, 2.24) is 4.90 Å². The van der Waals surface area contributed by atoms with Gasteiger partial charge in [-0.05, 0) is 12.1 Å². The Bertz CT molecular complexity index is 922. The number of benzene rings is 2. The molecule has 2 aromatic carbocycles. The Morgan fingerprint density at radius 2 is 1.90 bits per heavy atom. The van der Waals surface area contributed by atoms with E-state index in [1.165, 1.54) is 18.2 Å². The molecule has 3 rings (SSSR count). The highest BCUT2D eigenvalue weighted by molar-refractivity contribution is 5.97. The van der Waals surface area contributed by atoms with Gasteiger partial charge in [-0.1, -0.05) is 18.2 Å². The van der Waals surface area contributed by atoms with Gasteiger partial charge >= 0.3 is 6.61 Å². The zero-order chi connectivity index (χ0) is 21.7. The van der Waals surface area contributed by atoms with Gasteiger partial charge in [-0.25, -0.2) is 4.39 Å². The molecule has 1 fully saturated rings. The van der Waals surface area contributed by atoms with Crippen molar-refractivity contribution in [1.29, 1.82) is 0 Å². The number of nitrogens with zero attached hydrogens (tertiary/aromatic N) is 2. The summed E-state index contributed by atoms with van der Waals surface area (Å²) in [4.78, 5) is 25.1. The monoisotopic (exact) mass is 425 g/mol. The minimum absolute atomic E-state index is 0.0821. The van der Waals surface area contributed by atoms with Gasteiger partial charge in [-0.15, -0.1) is 0 Å². The number of ether oxygens (including phenoxy) is 2. The van der Waals surface area contributed by atoms with E-state index < -0.39 is 40.7 Å². The Labute approximate surface area is 169 Å². The van der Waals surface area contributed by atoms with E-state index in [4.69, 9.17) is 4.74 Å². The molecule has 1 atom stereocenters. The van der Waals surface area contributed by atoms with E-state index in [0.717, 1.165) is 18.2 Å². The van der Waals surface area contributed by atoms with E-state index >= 15 is 0 Å². The number of nitro groups is 1. The summed E-state index contributed by atoms with van der Waals surface area (Å²) in [5, 5.41) is 13.4. The van der Waals surface area contributed by atoms with E-state index in [1.807, 2.05) is 0 Å². The summed E-state index contributed by atoms with van der Waals surface area (Å²) in [6, 6.07) is 7.44. The first kappa shape index (κ1) is 21.5. The largest absolute Gasteiger partial charge is 0.433 e. The van der Waals surface area contributed by atoms with Crippen LogP contribution in [0.4, 0.5) is 24.5 Å². The molecule has 1 N–H and O–H groups in total. The molecule has 1 heterocycles. The molecule has 8 nitrogen and oxygen atoms in total. The Kier molecular flexibility index (Phi) is 6.85. The molecule has 1 saturated heterocycles. The number of carbonyl (C=O) groups excluding carboxylic acids is 1. The summed E-state index contributed by atoms with van der Waals surface area (Å²) in [5.41, 5.74) is -0.663. The lowest BCUT2D eigenvalue weighted by atomic mass is 10.0. The van der Waals surface area contributed by atoms with Crippen molar-refractivity contribution in [2.24, 2.45) is 0 Å². The first-order valence-electron chi connectivity index (χ1n) is 8.97. The lowest BCUT2D eigenvalue weighted by molar-refractivity contribution is -0.384. The van der Waals surface area contributed by atoms with Crippen LogP contribution in [-0.4, -0.2) is 48.6 Å². The minimum Gasteiger partial charge on any atom is -0.433 e. The van der Waals surface area contributed by atoms with Gasteiger partial charge in [0.15, 0.2) is 0 Å². The van der Waals surface area contributed by atoms with Gasteiger partial charge in [0.1, 0.15) is 17.6 Å². The van der Waals surface area contributed by atoms with Crippen LogP contribution in [0.25, 0.3) is 0 Å². The molecular formula is C19H18F3N3O5. The number of hydrogen-bond donors (Lipinski definition) is 1. The summed E-state index contributed by atoms with van der Waals surface area (Å²) in [5.74, 6) is -1.81. The number of carbonyl (C=O) groups is 1. The first-order valence-corrected chi connectivity index (χ1v) is 8.97. The van der Waals surface area contributed by atoms with Crippen LogP contribution < -0.4 is 10.1 Å². The van der Waals surface area contributed by atoms with Crippen LogP contribution >= 0.6 is 0 Å². The second-order valence-electron chi connectivity index (χ2n) is 6.38. The molecule has 1 aliphatic heterocycles. The molecule has 1 aliphatic rings. The van der Waals surface area contributed by atoms with Crippen LogP contribution in [0, 0.1) is 15.9 Å². The number of halogens is 3. The van der Waals surface area contributed by atoms with Crippen molar-refractivity contribution >= 4 is 17.3 Å². The maximum atomic E-state index is 14.5. The average molecular weight is 425 g/mol. The molecule has 30 heavy (non-hydrogen) atoms. The Morgan fingerprint density at radius 1 is 1.20 bits per heavy atom. The van der Waals surface area contributed by atoms with Crippen molar-refractivity contribution < 1.29 is 32.4 Å². The molecule has 0 aromatic heterocycles. The predicted molar refractivity (Wildman–Crippen MR) is 99.9 cm³/mol. The fourth-order valence-corrected chi connectivity index (χ4v) is 3.17. The predicted octanol–water partition coefficient (Wildman–Crippen LogP) is 3.35. The molecule has 0 aliphatic carbocycles. The van der Waals surface area contributed by atoms with E-state index in [0.29, 0.717) is 26.3 Å². The summed E-state index contributed by atoms with van der Waals surface area (Å²) < 4.78 is 49.5. The molecular weight excluding hydrogens is 407 g/mol. The first-order chi connectivity index (χ1) is 14.4. The SMILES string of the molecule is O=C(Nc1cc([N+](=O)[O-])ccc1OC(F)F)C(c1ccccc1F)N1CCOCC1. The van der Waals surface area contributed by atoms with Gasteiger partial charge in [0, 0.05) is 30.8 Å². The lowest BCUT2D eigenvalue weighted by Crippen LogP contribution is -2.44. The van der Waals surface area contributed by atoms with Crippen LogP contribution in [0.3, 0.4) is 0 Å². The molecule has 2 aromatic rings. The molecule has 1 amide bonds. The number of nitro benzene ring substituents is 1. The van der Waals surface area contributed by atoms with Crippen LogP contribution in [0.2, 0.25) is 0 Å². The highest BCUT2D eigenvalue weighted by Gasteiger charge is 2.32. The number of amides is 1. The summed E-state index contributed by atoms with van der Waals surface area (Å²) in [6.07, 6.45) is 0. The molecule has 0 spiro atoms. The fraction of sp³-hybridized carbons (Fsp3) is 0.316. The number of morpholine rings is 1. The minimum atomic E-state index is -3.20. The average Bonchev–Trinajstić information content (AvgIpc) is 2.71. The van der Waals surface area contributed by atoms with Gasteiger partial charge in [-0.3, -0.25) is 19.8 Å². The van der Waals surface area contributed by atoms with Crippen molar-refractivity contribution in [3.05, 3.63) is 64.0 Å². The molecule has 11 heteroatoms. The highest BCUT2D eigenvalue weighted by Crippen LogP contribution is 2.33. The van der Waals surface area contributed by atoms with Crippen molar-refractivity contribution in [3.8, 4) is 5.75 Å². The number of hydrogen-bond acceptors (Lipinski definition) is 6. The fourth-order valence-electron chi connectivity index (χ4n) is 3.17. The number of nitrogens with one attached hydrogen (secondary N) is 1. The summed E-state index contributed by atoms with van der Waals surface area (Å²) in [7, 11) is 0. The quantitative estimate of drug-likeness (QED) is 0.540. The number of rotatable bonds is 7. The van der Waals surface area contributed by atoms with Crippen LogP contribution in [0.1, 0.15) is 11.6 Å². The number of anilines is 1. The Balaban J connectivity index is 1.96. The van der Waals surface area contributed by atoms with Gasteiger partial charge < -0.3 is 14.8 Å². The third-order valence-corrected chi connectivity index (χ3v) is 4.51. The summed E-state index contributed by atoms with van der Waals surface area (Å²) in [6.45, 7) is -1.88. The molecule has 0 saturated carbocycles. The lowest BCUT2D eigenvalue weighted by Gasteiger charge is -2.34. The number of non-ortho nitro benzene ring substituents is 1. The van der Waals surface area contributed by atoms with E-state index in [9.17, 15) is 28.1 Å². The van der Waals surface area contributed by atoms with Crippen molar-refractivity contribution in [2.75, 3.05) is 31.6 Å². The third kappa shape index (κ3) is 5.05. The van der Waals surface area contributed by atoms with Crippen LogP contribution in [0.5, 0.6) is 5.75 Å². The maximum Gasteiger partial charge on any atom is 0.387 e. The van der Waals surface area contributed by atoms with Gasteiger partial charge in [0.25, 0.3) is 5.69 Å². The van der Waals surface area contributed by atoms with Gasteiger partial charge in [-0.2, -0.15) is 8.78 Å². The van der Waals surface area contributed by atoms with E-state index in [2.05, 4.69) is 10.1 Å². The zero-order valence-electron chi connectivity index (χ0n) is 15.6. The zero-order valence-corrected chi connectivity index (χ0v) is 15.6. The maximum absolute atomic E-state index is 14.5. The van der Waals surface area contributed by atoms with Crippen molar-refractivity contribution in [2.45, 2.75) is 12.7 Å². The second kappa shape index (κ2) is 9.55. The van der Waals surface area contributed by atoms with Crippen molar-refractivity contribution in [3.63, 3.8) is 0 Å². The topological polar surface area (TPSA) is 93.9 Å². The standard InChI is InChI=1S/C19H18F3N3O5/c20-14-4-2-1-3-13(14)17(24-7-9-29-10-8-24)18(26)23-15-11-12(25(27)28)5-6-16(15)30-19(21)22/h1-6,11,17,19H,7-10H2,(H,23,26). The van der Waals surface area contributed by atoms with E-state index in [-0.39, 0.29) is 11.3 Å². The Hall–Kier alpha value is -3.18. The van der Waals surface area contributed by atoms with Gasteiger partial charge in [0.05, 0.1) is 23.8 Å². The van der Waals surface area contributed by atoms with Gasteiger partial charge in [0.2, 0.25) is 5.91 Å². The smallest absolute Gasteiger partial charge is 0.387 e. The molecule has 0 bridgehead atoms. The second-order valence-corrected chi connectivity index (χ2v) is 6.38. The van der Waals surface area contributed by atoms with Crippen LogP contribution in [-0.2, 0) is 9.53 Å². The van der Waals surface area contributed by atoms with E-state index in [1.54, 1.807) is 11.0 Å². The summed E-state index contributed by atoms with van der Waals surface area (Å²) >= 11 is 0.